The fraction of sp³-hybridized carbons (Fsp3) is 0. The number of nitrogens with two attached hydrogens (primary N) is 1. The molecule has 1 aromatic carbocycles. The molecule has 0 aliphatic carbocycles. The fourth-order valence-corrected chi connectivity index (χ4v) is 1.61. The van der Waals surface area contributed by atoms with E-state index in [1.807, 2.05) is 0 Å². The van der Waals surface area contributed by atoms with Crippen LogP contribution in [0.2, 0.25) is 10.0 Å². The van der Waals surface area contributed by atoms with Crippen LogP contribution in [0.15, 0.2) is 30.6 Å². The molecule has 0 bridgehead atoms. The average Bonchev–Trinajstić information content (AvgIpc) is 2.36. The van der Waals surface area contributed by atoms with Gasteiger partial charge in [-0.3, -0.25) is 0 Å². The molecule has 0 saturated heterocycles. The van der Waals surface area contributed by atoms with Crippen LogP contribution in [0.5, 0.6) is 11.6 Å². The Kier molecular flexibility index (Phi) is 3.96. The van der Waals surface area contributed by atoms with Gasteiger partial charge in [0.1, 0.15) is 21.5 Å². The van der Waals surface area contributed by atoms with E-state index in [1.54, 1.807) is 18.2 Å². The Morgan fingerprint density at radius 1 is 1.22 bits per heavy atom. The number of hydrogen-bond donors (Lipinski definition) is 1. The average molecular weight is 300 g/mol. The maximum Gasteiger partial charge on any atom is 0.237 e. The number of benzene rings is 1. The molecule has 4 nitrogen and oxygen atoms in total. The first kappa shape index (κ1) is 13.0. The minimum absolute atomic E-state index is 0.176. The van der Waals surface area contributed by atoms with E-state index in [-0.39, 0.29) is 10.9 Å². The highest BCUT2D eigenvalue weighted by Gasteiger charge is 2.08. The van der Waals surface area contributed by atoms with Crippen molar-refractivity contribution in [2.24, 2.45) is 5.73 Å². The van der Waals surface area contributed by atoms with E-state index in [2.05, 4.69) is 9.97 Å². The minimum Gasteiger partial charge on any atom is -0.436 e. The van der Waals surface area contributed by atoms with Gasteiger partial charge in [0.25, 0.3) is 0 Å². The summed E-state index contributed by atoms with van der Waals surface area (Å²) >= 11 is 16.6. The number of ether oxygens (including phenoxy) is 1. The maximum atomic E-state index is 5.98. The van der Waals surface area contributed by atoms with Crippen LogP contribution < -0.4 is 10.5 Å². The molecule has 0 unspecified atom stereocenters. The summed E-state index contributed by atoms with van der Waals surface area (Å²) in [7, 11) is 0. The van der Waals surface area contributed by atoms with Crippen molar-refractivity contribution in [3.8, 4) is 11.6 Å². The van der Waals surface area contributed by atoms with Crippen molar-refractivity contribution in [2.45, 2.75) is 0 Å². The highest BCUT2D eigenvalue weighted by atomic mass is 35.5. The van der Waals surface area contributed by atoms with E-state index in [4.69, 9.17) is 45.9 Å². The van der Waals surface area contributed by atoms with Crippen molar-refractivity contribution < 1.29 is 4.74 Å². The SMILES string of the molecule is NC(=S)c1cnc(Oc2cccc(Cl)c2Cl)cn1. The first-order chi connectivity index (χ1) is 8.58. The Morgan fingerprint density at radius 3 is 2.61 bits per heavy atom. The van der Waals surface area contributed by atoms with Crippen LogP contribution in [-0.4, -0.2) is 15.0 Å². The summed E-state index contributed by atoms with van der Waals surface area (Å²) in [6, 6.07) is 5.07. The van der Waals surface area contributed by atoms with Gasteiger partial charge in [0, 0.05) is 0 Å². The van der Waals surface area contributed by atoms with Crippen molar-refractivity contribution in [1.29, 1.82) is 0 Å². The zero-order chi connectivity index (χ0) is 13.1. The van der Waals surface area contributed by atoms with Crippen molar-refractivity contribution in [1.82, 2.24) is 9.97 Å². The number of halogens is 2. The van der Waals surface area contributed by atoms with Crippen LogP contribution in [-0.2, 0) is 0 Å². The van der Waals surface area contributed by atoms with Gasteiger partial charge in [0.05, 0.1) is 17.4 Å². The molecule has 1 aromatic heterocycles. The third kappa shape index (κ3) is 2.87. The quantitative estimate of drug-likeness (QED) is 0.882. The van der Waals surface area contributed by atoms with Gasteiger partial charge in [0.2, 0.25) is 5.88 Å². The molecular formula is C11H7Cl2N3OS. The van der Waals surface area contributed by atoms with Crippen molar-refractivity contribution in [3.05, 3.63) is 46.3 Å². The fourth-order valence-electron chi connectivity index (χ4n) is 1.17. The van der Waals surface area contributed by atoms with Gasteiger partial charge >= 0.3 is 0 Å². The van der Waals surface area contributed by atoms with E-state index in [0.29, 0.717) is 21.5 Å². The number of nitrogens with zero attached hydrogens (tertiary/aromatic N) is 2. The molecule has 0 amide bonds. The number of rotatable bonds is 3. The van der Waals surface area contributed by atoms with Crippen molar-refractivity contribution in [2.75, 3.05) is 0 Å². The molecule has 1 heterocycles. The molecule has 0 radical (unpaired) electrons. The highest BCUT2D eigenvalue weighted by molar-refractivity contribution is 7.80. The topological polar surface area (TPSA) is 61.0 Å². The molecule has 7 heteroatoms. The molecule has 0 fully saturated rings. The Hall–Kier alpha value is -1.43. The van der Waals surface area contributed by atoms with E-state index >= 15 is 0 Å². The lowest BCUT2D eigenvalue weighted by molar-refractivity contribution is 0.460. The maximum absolute atomic E-state index is 5.98. The van der Waals surface area contributed by atoms with Crippen LogP contribution in [0.4, 0.5) is 0 Å². The lowest BCUT2D eigenvalue weighted by atomic mass is 10.3. The van der Waals surface area contributed by atoms with Crippen LogP contribution >= 0.6 is 35.4 Å². The third-order valence-corrected chi connectivity index (χ3v) is 3.02. The predicted molar refractivity (Wildman–Crippen MR) is 74.5 cm³/mol. The van der Waals surface area contributed by atoms with Crippen LogP contribution in [0, 0.1) is 0 Å². The molecule has 18 heavy (non-hydrogen) atoms. The summed E-state index contributed by atoms with van der Waals surface area (Å²) in [6.45, 7) is 0. The summed E-state index contributed by atoms with van der Waals surface area (Å²) < 4.78 is 5.45. The van der Waals surface area contributed by atoms with Gasteiger partial charge in [-0.05, 0) is 12.1 Å². The molecule has 0 aliphatic heterocycles. The lowest BCUT2D eigenvalue weighted by Gasteiger charge is -2.07. The van der Waals surface area contributed by atoms with E-state index in [1.165, 1.54) is 12.4 Å². The summed E-state index contributed by atoms with van der Waals surface area (Å²) in [5, 5.41) is 0.723. The molecule has 2 rings (SSSR count). The van der Waals surface area contributed by atoms with Crippen LogP contribution in [0.3, 0.4) is 0 Å². The van der Waals surface area contributed by atoms with E-state index < -0.39 is 0 Å². The van der Waals surface area contributed by atoms with Gasteiger partial charge in [-0.1, -0.05) is 41.5 Å². The summed E-state index contributed by atoms with van der Waals surface area (Å²) in [4.78, 5) is 8.18. The van der Waals surface area contributed by atoms with Gasteiger partial charge in [0.15, 0.2) is 0 Å². The van der Waals surface area contributed by atoms with Crippen molar-refractivity contribution >= 4 is 40.4 Å². The van der Waals surface area contributed by atoms with Gasteiger partial charge in [-0.15, -0.1) is 0 Å². The van der Waals surface area contributed by atoms with E-state index in [9.17, 15) is 0 Å². The molecule has 92 valence electrons. The Bertz CT molecular complexity index is 589. The summed E-state index contributed by atoms with van der Waals surface area (Å²) in [5.41, 5.74) is 5.84. The first-order valence-electron chi connectivity index (χ1n) is 4.81. The summed E-state index contributed by atoms with van der Waals surface area (Å²) in [5.74, 6) is 0.681. The predicted octanol–water partition coefficient (Wildman–Crippen LogP) is 3.21. The highest BCUT2D eigenvalue weighted by Crippen LogP contribution is 2.33. The molecule has 0 saturated carbocycles. The zero-order valence-electron chi connectivity index (χ0n) is 8.93. The van der Waals surface area contributed by atoms with Crippen molar-refractivity contribution in [3.63, 3.8) is 0 Å². The largest absolute Gasteiger partial charge is 0.436 e. The Morgan fingerprint density at radius 2 is 2.00 bits per heavy atom. The minimum atomic E-state index is 0.176. The Labute approximate surface area is 119 Å². The number of aromatic nitrogens is 2. The smallest absolute Gasteiger partial charge is 0.237 e. The second-order valence-electron chi connectivity index (χ2n) is 3.26. The normalized spacial score (nSPS) is 10.1. The van der Waals surface area contributed by atoms with Gasteiger partial charge < -0.3 is 10.5 Å². The number of hydrogen-bond acceptors (Lipinski definition) is 4. The zero-order valence-corrected chi connectivity index (χ0v) is 11.3. The second kappa shape index (κ2) is 5.48. The molecule has 0 atom stereocenters. The van der Waals surface area contributed by atoms with Gasteiger partial charge in [-0.25, -0.2) is 9.97 Å². The number of thiocarbonyl (C=S) groups is 1. The second-order valence-corrected chi connectivity index (χ2v) is 4.48. The molecule has 2 aromatic rings. The first-order valence-corrected chi connectivity index (χ1v) is 5.98. The summed E-state index contributed by atoms with van der Waals surface area (Å²) in [6.07, 6.45) is 2.84. The van der Waals surface area contributed by atoms with Crippen LogP contribution in [0.25, 0.3) is 0 Å². The monoisotopic (exact) mass is 299 g/mol. The van der Waals surface area contributed by atoms with Crippen LogP contribution in [0.1, 0.15) is 5.69 Å². The molecule has 0 spiro atoms. The Balaban J connectivity index is 2.24. The standard InChI is InChI=1S/C11H7Cl2N3OS/c12-6-2-1-3-8(10(6)13)17-9-5-15-7(4-16-9)11(14)18/h1-5H,(H2,14,18). The van der Waals surface area contributed by atoms with Gasteiger partial charge in [-0.2, -0.15) is 0 Å². The molecule has 2 N–H and O–H groups in total. The molecular weight excluding hydrogens is 293 g/mol. The van der Waals surface area contributed by atoms with E-state index in [0.717, 1.165) is 0 Å². The third-order valence-electron chi connectivity index (χ3n) is 2.01. The lowest BCUT2D eigenvalue weighted by Crippen LogP contribution is -2.11. The molecule has 0 aliphatic rings.